The minimum atomic E-state index is -2.80. The monoisotopic (exact) mass is 502 g/mol. The fraction of sp³-hybridized carbons (Fsp3) is 0.591. The third kappa shape index (κ3) is 7.38. The van der Waals surface area contributed by atoms with Crippen LogP contribution in [-0.4, -0.2) is 27.5 Å². The third-order valence-corrected chi connectivity index (χ3v) is 8.79. The van der Waals surface area contributed by atoms with E-state index in [2.05, 4.69) is 36.2 Å². The van der Waals surface area contributed by atoms with Gasteiger partial charge in [0.25, 0.3) is 0 Å². The van der Waals surface area contributed by atoms with E-state index in [1.807, 2.05) is 13.8 Å². The number of rotatable bonds is 11. The summed E-state index contributed by atoms with van der Waals surface area (Å²) >= 11 is 0. The Morgan fingerprint density at radius 3 is 2.42 bits per heavy atom. The summed E-state index contributed by atoms with van der Waals surface area (Å²) in [7, 11) is -5.61. The van der Waals surface area contributed by atoms with Crippen molar-refractivity contribution in [3.63, 3.8) is 0 Å². The lowest BCUT2D eigenvalue weighted by atomic mass is 9.87. The number of aryl methyl sites for hydroxylation is 1. The Bertz CT molecular complexity index is 924. The van der Waals surface area contributed by atoms with Gasteiger partial charge in [-0.2, -0.15) is 0 Å². The SMILES string of the molecule is CC(C)=CCCC1(C)CCc2cc(OC(=O)CCC([P+](=O)OO)[P+](=O)OO)c(C)c(C)c2O1. The van der Waals surface area contributed by atoms with Gasteiger partial charge in [-0.05, 0) is 92.2 Å². The Morgan fingerprint density at radius 2 is 1.85 bits per heavy atom. The van der Waals surface area contributed by atoms with E-state index in [-0.39, 0.29) is 18.4 Å². The maximum Gasteiger partial charge on any atom is 0.598 e. The molecule has 0 saturated carbocycles. The predicted molar refractivity (Wildman–Crippen MR) is 123 cm³/mol. The molecule has 3 unspecified atom stereocenters. The lowest BCUT2D eigenvalue weighted by Crippen LogP contribution is -2.36. The number of carbonyl (C=O) groups excluding carboxylic acids is 1. The first-order valence-corrected chi connectivity index (χ1v) is 13.2. The van der Waals surface area contributed by atoms with Gasteiger partial charge in [-0.25, -0.2) is 10.5 Å². The second-order valence-electron chi connectivity index (χ2n) is 8.71. The average Bonchev–Trinajstić information content (AvgIpc) is 2.77. The van der Waals surface area contributed by atoms with Crippen LogP contribution in [0.2, 0.25) is 0 Å². The van der Waals surface area contributed by atoms with Gasteiger partial charge >= 0.3 is 27.4 Å². The van der Waals surface area contributed by atoms with Crippen molar-refractivity contribution in [1.82, 2.24) is 0 Å². The number of hydrogen-bond acceptors (Lipinski definition) is 9. The molecule has 0 spiro atoms. The van der Waals surface area contributed by atoms with Crippen LogP contribution in [-0.2, 0) is 29.7 Å². The number of carbonyl (C=O) groups is 1. The van der Waals surface area contributed by atoms with Crippen LogP contribution in [0.3, 0.4) is 0 Å². The molecule has 1 aliphatic heterocycles. The van der Waals surface area contributed by atoms with Gasteiger partial charge in [0.1, 0.15) is 17.1 Å². The Labute approximate surface area is 195 Å². The molecule has 1 heterocycles. The summed E-state index contributed by atoms with van der Waals surface area (Å²) in [6.07, 6.45) is 5.19. The summed E-state index contributed by atoms with van der Waals surface area (Å²) in [5.41, 5.74) is 3.65. The van der Waals surface area contributed by atoms with Crippen molar-refractivity contribution in [3.05, 3.63) is 34.4 Å². The smallest absolute Gasteiger partial charge is 0.487 e. The Morgan fingerprint density at radius 1 is 1.21 bits per heavy atom. The van der Waals surface area contributed by atoms with E-state index < -0.39 is 27.4 Å². The van der Waals surface area contributed by atoms with Crippen LogP contribution in [0.25, 0.3) is 0 Å². The average molecular weight is 502 g/mol. The molecule has 3 atom stereocenters. The van der Waals surface area contributed by atoms with E-state index in [0.717, 1.165) is 48.1 Å². The summed E-state index contributed by atoms with van der Waals surface area (Å²) in [6, 6.07) is 1.80. The molecule has 33 heavy (non-hydrogen) atoms. The minimum absolute atomic E-state index is 0.236. The van der Waals surface area contributed by atoms with Gasteiger partial charge in [-0.3, -0.25) is 4.79 Å². The van der Waals surface area contributed by atoms with Gasteiger partial charge in [0.2, 0.25) is 0 Å². The van der Waals surface area contributed by atoms with E-state index in [9.17, 15) is 13.9 Å². The van der Waals surface area contributed by atoms with Crippen molar-refractivity contribution >= 4 is 22.0 Å². The molecule has 1 aliphatic rings. The number of fused-ring (bicyclic) bond motifs is 1. The zero-order chi connectivity index (χ0) is 24.8. The highest BCUT2D eigenvalue weighted by atomic mass is 31.2. The molecule has 2 N–H and O–H groups in total. The van der Waals surface area contributed by atoms with Crippen LogP contribution in [0.5, 0.6) is 11.5 Å². The highest BCUT2D eigenvalue weighted by Gasteiger charge is 2.53. The normalized spacial score (nSPS) is 19.1. The van der Waals surface area contributed by atoms with Crippen molar-refractivity contribution in [2.45, 2.75) is 84.1 Å². The van der Waals surface area contributed by atoms with E-state index in [1.54, 1.807) is 6.07 Å². The number of ether oxygens (including phenoxy) is 2. The molecular weight excluding hydrogens is 470 g/mol. The quantitative estimate of drug-likeness (QED) is 0.0857. The van der Waals surface area contributed by atoms with Crippen LogP contribution < -0.4 is 9.47 Å². The van der Waals surface area contributed by atoms with Gasteiger partial charge < -0.3 is 9.47 Å². The highest BCUT2D eigenvalue weighted by molar-refractivity contribution is 7.58. The van der Waals surface area contributed by atoms with Crippen molar-refractivity contribution in [2.24, 2.45) is 0 Å². The molecule has 1 aromatic rings. The fourth-order valence-electron chi connectivity index (χ4n) is 3.72. The molecule has 0 radical (unpaired) electrons. The van der Waals surface area contributed by atoms with Crippen molar-refractivity contribution in [1.29, 1.82) is 0 Å². The van der Waals surface area contributed by atoms with Crippen molar-refractivity contribution < 1.29 is 43.3 Å². The third-order valence-electron chi connectivity index (χ3n) is 5.85. The first-order valence-electron chi connectivity index (χ1n) is 10.7. The second kappa shape index (κ2) is 12.1. The Kier molecular flexibility index (Phi) is 10.1. The predicted octanol–water partition coefficient (Wildman–Crippen LogP) is 6.61. The first-order chi connectivity index (χ1) is 15.5. The van der Waals surface area contributed by atoms with Crippen molar-refractivity contribution in [3.8, 4) is 11.5 Å². The lowest BCUT2D eigenvalue weighted by molar-refractivity contribution is -0.137. The standard InChI is InChI=1S/C22H30O9P2/c1-14(2)7-6-11-22(5)12-10-17-13-18(15(3)16(4)21(17)29-22)28-19(23)8-9-20(32(26)30-24)33(27)31-25/h7,13,20H,6,8-12H2,1-5H3/p+2. The Balaban J connectivity index is 2.11. The molecule has 0 aromatic heterocycles. The van der Waals surface area contributed by atoms with Crippen LogP contribution in [0.1, 0.15) is 69.6 Å². The van der Waals surface area contributed by atoms with Crippen molar-refractivity contribution in [2.75, 3.05) is 0 Å². The zero-order valence-electron chi connectivity index (χ0n) is 19.6. The highest BCUT2D eigenvalue weighted by Crippen LogP contribution is 2.48. The van der Waals surface area contributed by atoms with E-state index in [0.29, 0.717) is 5.75 Å². The first kappa shape index (κ1) is 27.5. The van der Waals surface area contributed by atoms with E-state index in [1.165, 1.54) is 5.57 Å². The van der Waals surface area contributed by atoms with Crippen LogP contribution in [0.4, 0.5) is 0 Å². The lowest BCUT2D eigenvalue weighted by Gasteiger charge is -2.37. The summed E-state index contributed by atoms with van der Waals surface area (Å²) in [5, 5.41) is 15.8. The van der Waals surface area contributed by atoms with Gasteiger partial charge in [0.15, 0.2) is 0 Å². The van der Waals surface area contributed by atoms with Gasteiger partial charge in [0, 0.05) is 9.35 Å². The Hall–Kier alpha value is -1.73. The summed E-state index contributed by atoms with van der Waals surface area (Å²) in [5.74, 6) is 0.580. The van der Waals surface area contributed by atoms with E-state index >= 15 is 0 Å². The van der Waals surface area contributed by atoms with Crippen LogP contribution in [0.15, 0.2) is 17.7 Å². The maximum atomic E-state index is 12.4. The molecule has 0 saturated heterocycles. The largest absolute Gasteiger partial charge is 0.598 e. The molecular formula is C22H32O9P2+2. The number of allylic oxidation sites excluding steroid dienone is 2. The molecule has 0 aliphatic carbocycles. The number of hydrogen-bond donors (Lipinski definition) is 2. The van der Waals surface area contributed by atoms with Crippen LogP contribution >= 0.6 is 16.1 Å². The van der Waals surface area contributed by atoms with Gasteiger partial charge in [-0.1, -0.05) is 11.6 Å². The molecule has 182 valence electrons. The molecule has 0 amide bonds. The fourth-order valence-corrected chi connectivity index (χ4v) is 5.48. The number of esters is 1. The van der Waals surface area contributed by atoms with Crippen LogP contribution in [0, 0.1) is 13.8 Å². The van der Waals surface area contributed by atoms with Gasteiger partial charge in [-0.15, -0.1) is 0 Å². The molecule has 1 aromatic carbocycles. The summed E-state index contributed by atoms with van der Waals surface area (Å²) < 4.78 is 42.6. The second-order valence-corrected chi connectivity index (χ2v) is 11.8. The number of benzene rings is 1. The maximum absolute atomic E-state index is 12.4. The topological polar surface area (TPSA) is 129 Å². The molecule has 2 rings (SSSR count). The zero-order valence-corrected chi connectivity index (χ0v) is 21.4. The molecule has 11 heteroatoms. The molecule has 0 bridgehead atoms. The van der Waals surface area contributed by atoms with E-state index in [4.69, 9.17) is 20.0 Å². The summed E-state index contributed by atoms with van der Waals surface area (Å²) in [6.45, 7) is 10.0. The molecule has 9 nitrogen and oxygen atoms in total. The van der Waals surface area contributed by atoms with Gasteiger partial charge in [0.05, 0.1) is 12.8 Å². The molecule has 0 fully saturated rings. The summed E-state index contributed by atoms with van der Waals surface area (Å²) in [4.78, 5) is 12.4. The minimum Gasteiger partial charge on any atom is -0.487 e.